The molecular formula is C15H18N4O4. The van der Waals surface area contributed by atoms with Crippen molar-refractivity contribution in [3.63, 3.8) is 0 Å². The van der Waals surface area contributed by atoms with Crippen molar-refractivity contribution in [2.24, 2.45) is 0 Å². The number of carbonyl (C=O) groups is 1. The van der Waals surface area contributed by atoms with E-state index in [1.54, 1.807) is 22.8 Å². The van der Waals surface area contributed by atoms with Crippen LogP contribution in [0.4, 0.5) is 5.69 Å². The molecule has 8 nitrogen and oxygen atoms in total. The minimum atomic E-state index is -0.487. The molecule has 0 atom stereocenters. The Morgan fingerprint density at radius 2 is 2.09 bits per heavy atom. The smallest absolute Gasteiger partial charge is 0.269 e. The van der Waals surface area contributed by atoms with Crippen LogP contribution in [-0.4, -0.2) is 39.2 Å². The van der Waals surface area contributed by atoms with Gasteiger partial charge in [-0.1, -0.05) is 0 Å². The third-order valence-electron chi connectivity index (χ3n) is 3.27. The summed E-state index contributed by atoms with van der Waals surface area (Å²) in [4.78, 5) is 23.7. The van der Waals surface area contributed by atoms with Gasteiger partial charge in [0.2, 0.25) is 0 Å². The number of aryl methyl sites for hydroxylation is 1. The highest BCUT2D eigenvalue weighted by Gasteiger charge is 2.12. The summed E-state index contributed by atoms with van der Waals surface area (Å²) in [7, 11) is 1.69. The molecule has 8 heteroatoms. The van der Waals surface area contributed by atoms with Crippen LogP contribution in [0.15, 0.2) is 36.7 Å². The van der Waals surface area contributed by atoms with E-state index in [0.29, 0.717) is 12.3 Å². The van der Waals surface area contributed by atoms with Gasteiger partial charge < -0.3 is 9.64 Å². The second kappa shape index (κ2) is 7.39. The highest BCUT2D eigenvalue weighted by molar-refractivity contribution is 5.77. The summed E-state index contributed by atoms with van der Waals surface area (Å²) < 4.78 is 7.15. The molecule has 0 aliphatic rings. The van der Waals surface area contributed by atoms with Crippen LogP contribution in [0, 0.1) is 10.1 Å². The summed E-state index contributed by atoms with van der Waals surface area (Å²) in [6.45, 7) is 3.09. The van der Waals surface area contributed by atoms with Crippen LogP contribution < -0.4 is 4.74 Å². The van der Waals surface area contributed by atoms with Crippen LogP contribution in [0.25, 0.3) is 0 Å². The summed E-state index contributed by atoms with van der Waals surface area (Å²) in [5.74, 6) is 0.226. The predicted molar refractivity (Wildman–Crippen MR) is 83.0 cm³/mol. The molecule has 0 N–H and O–H groups in total. The number of ether oxygens (including phenoxy) is 1. The second-order valence-corrected chi connectivity index (χ2v) is 4.99. The standard InChI is InChI=1S/C15H18N4O4/c1-3-18-10-12(8-16-18)9-17(2)15(20)11-23-14-6-4-13(5-7-14)19(21)22/h4-8,10H,3,9,11H2,1-2H3. The Kier molecular flexibility index (Phi) is 5.29. The number of amides is 1. The molecule has 1 amide bonds. The number of hydrogen-bond donors (Lipinski definition) is 0. The third-order valence-corrected chi connectivity index (χ3v) is 3.27. The fourth-order valence-electron chi connectivity index (χ4n) is 1.94. The molecule has 2 rings (SSSR count). The molecule has 0 radical (unpaired) electrons. The lowest BCUT2D eigenvalue weighted by Crippen LogP contribution is -2.30. The van der Waals surface area contributed by atoms with Gasteiger partial charge in [0.05, 0.1) is 11.1 Å². The van der Waals surface area contributed by atoms with Crippen molar-refractivity contribution in [2.75, 3.05) is 13.7 Å². The van der Waals surface area contributed by atoms with Crippen LogP contribution in [0.1, 0.15) is 12.5 Å². The van der Waals surface area contributed by atoms with E-state index in [0.717, 1.165) is 12.1 Å². The first kappa shape index (κ1) is 16.5. The van der Waals surface area contributed by atoms with Gasteiger partial charge >= 0.3 is 0 Å². The molecule has 23 heavy (non-hydrogen) atoms. The Bertz CT molecular complexity index is 681. The number of nitro groups is 1. The molecule has 2 aromatic rings. The molecule has 1 heterocycles. The fraction of sp³-hybridized carbons (Fsp3) is 0.333. The largest absolute Gasteiger partial charge is 0.484 e. The van der Waals surface area contributed by atoms with Gasteiger partial charge in [0.1, 0.15) is 5.75 Å². The SMILES string of the molecule is CCn1cc(CN(C)C(=O)COc2ccc([N+](=O)[O-])cc2)cn1. The van der Waals surface area contributed by atoms with Crippen molar-refractivity contribution < 1.29 is 14.5 Å². The molecule has 1 aromatic heterocycles. The number of benzene rings is 1. The van der Waals surface area contributed by atoms with Crippen molar-refractivity contribution in [1.82, 2.24) is 14.7 Å². The van der Waals surface area contributed by atoms with E-state index in [1.165, 1.54) is 24.3 Å². The number of likely N-dealkylation sites (N-methyl/N-ethyl adjacent to an activating group) is 1. The topological polar surface area (TPSA) is 90.5 Å². The average Bonchev–Trinajstić information content (AvgIpc) is 3.00. The summed E-state index contributed by atoms with van der Waals surface area (Å²) in [6.07, 6.45) is 3.62. The second-order valence-electron chi connectivity index (χ2n) is 4.99. The molecule has 0 bridgehead atoms. The minimum Gasteiger partial charge on any atom is -0.484 e. The van der Waals surface area contributed by atoms with E-state index >= 15 is 0 Å². The molecule has 0 unspecified atom stereocenters. The van der Waals surface area contributed by atoms with Crippen LogP contribution in [-0.2, 0) is 17.9 Å². The molecule has 122 valence electrons. The minimum absolute atomic E-state index is 0.0197. The normalized spacial score (nSPS) is 10.3. The van der Waals surface area contributed by atoms with E-state index in [-0.39, 0.29) is 18.2 Å². The molecule has 0 saturated heterocycles. The van der Waals surface area contributed by atoms with Gasteiger partial charge in [-0.15, -0.1) is 0 Å². The highest BCUT2D eigenvalue weighted by atomic mass is 16.6. The van der Waals surface area contributed by atoms with E-state index in [1.807, 2.05) is 13.1 Å². The molecular weight excluding hydrogens is 300 g/mol. The molecule has 1 aromatic carbocycles. The summed E-state index contributed by atoms with van der Waals surface area (Å²) in [5.41, 5.74) is 0.923. The number of nitro benzene ring substituents is 1. The maximum atomic E-state index is 12.0. The van der Waals surface area contributed by atoms with Gasteiger partial charge in [0.15, 0.2) is 6.61 Å². The molecule has 0 aliphatic heterocycles. The first-order chi connectivity index (χ1) is 11.0. The molecule has 0 saturated carbocycles. The number of aromatic nitrogens is 2. The number of hydrogen-bond acceptors (Lipinski definition) is 5. The van der Waals surface area contributed by atoms with Crippen molar-refractivity contribution >= 4 is 11.6 Å². The van der Waals surface area contributed by atoms with Crippen LogP contribution in [0.3, 0.4) is 0 Å². The Hall–Kier alpha value is -2.90. The third kappa shape index (κ3) is 4.53. The summed E-state index contributed by atoms with van der Waals surface area (Å²) in [6, 6.07) is 5.61. The Labute approximate surface area is 133 Å². The highest BCUT2D eigenvalue weighted by Crippen LogP contribution is 2.17. The van der Waals surface area contributed by atoms with Gasteiger partial charge in [-0.25, -0.2) is 0 Å². The van der Waals surface area contributed by atoms with Crippen molar-refractivity contribution in [1.29, 1.82) is 0 Å². The lowest BCUT2D eigenvalue weighted by Gasteiger charge is -2.16. The first-order valence-corrected chi connectivity index (χ1v) is 7.12. The fourth-order valence-corrected chi connectivity index (χ4v) is 1.94. The number of nitrogens with zero attached hydrogens (tertiary/aromatic N) is 4. The number of carbonyl (C=O) groups excluding carboxylic acids is 1. The van der Waals surface area contributed by atoms with E-state index in [9.17, 15) is 14.9 Å². The van der Waals surface area contributed by atoms with Gasteiger partial charge in [-0.3, -0.25) is 19.6 Å². The summed E-state index contributed by atoms with van der Waals surface area (Å²) in [5, 5.41) is 14.7. The summed E-state index contributed by atoms with van der Waals surface area (Å²) >= 11 is 0. The maximum Gasteiger partial charge on any atom is 0.269 e. The zero-order valence-corrected chi connectivity index (χ0v) is 13.0. The lowest BCUT2D eigenvalue weighted by molar-refractivity contribution is -0.384. The lowest BCUT2D eigenvalue weighted by atomic mass is 10.3. The molecule has 0 fully saturated rings. The van der Waals surface area contributed by atoms with Crippen molar-refractivity contribution in [3.8, 4) is 5.75 Å². The van der Waals surface area contributed by atoms with Gasteiger partial charge in [0.25, 0.3) is 11.6 Å². The van der Waals surface area contributed by atoms with Crippen LogP contribution in [0.5, 0.6) is 5.75 Å². The Balaban J connectivity index is 1.84. The number of rotatable bonds is 7. The van der Waals surface area contributed by atoms with E-state index in [4.69, 9.17) is 4.74 Å². The van der Waals surface area contributed by atoms with Gasteiger partial charge in [-0.05, 0) is 19.1 Å². The van der Waals surface area contributed by atoms with E-state index in [2.05, 4.69) is 5.10 Å². The number of non-ortho nitro benzene ring substituents is 1. The van der Waals surface area contributed by atoms with Gasteiger partial charge in [-0.2, -0.15) is 5.10 Å². The van der Waals surface area contributed by atoms with Crippen molar-refractivity contribution in [2.45, 2.75) is 20.0 Å². The maximum absolute atomic E-state index is 12.0. The molecule has 0 spiro atoms. The first-order valence-electron chi connectivity index (χ1n) is 7.12. The average molecular weight is 318 g/mol. The molecule has 0 aliphatic carbocycles. The quantitative estimate of drug-likeness (QED) is 0.574. The van der Waals surface area contributed by atoms with Crippen LogP contribution in [0.2, 0.25) is 0 Å². The Morgan fingerprint density at radius 3 is 2.65 bits per heavy atom. The van der Waals surface area contributed by atoms with Gasteiger partial charge in [0, 0.05) is 44.0 Å². The van der Waals surface area contributed by atoms with Crippen molar-refractivity contribution in [3.05, 3.63) is 52.3 Å². The van der Waals surface area contributed by atoms with Crippen LogP contribution >= 0.6 is 0 Å². The van der Waals surface area contributed by atoms with E-state index < -0.39 is 4.92 Å². The zero-order valence-electron chi connectivity index (χ0n) is 13.0. The predicted octanol–water partition coefficient (Wildman–Crippen LogP) is 1.85. The Morgan fingerprint density at radius 1 is 1.39 bits per heavy atom. The monoisotopic (exact) mass is 318 g/mol. The zero-order chi connectivity index (χ0) is 16.8.